The Hall–Kier alpha value is -4.28. The van der Waals surface area contributed by atoms with Gasteiger partial charge in [0.25, 0.3) is 20.2 Å². The van der Waals surface area contributed by atoms with Crippen molar-refractivity contribution in [2.24, 2.45) is 4.99 Å². The van der Waals surface area contributed by atoms with Crippen molar-refractivity contribution in [2.75, 3.05) is 12.3 Å². The zero-order valence-corrected chi connectivity index (χ0v) is 32.7. The van der Waals surface area contributed by atoms with E-state index < -0.39 is 48.8 Å². The molecular weight excluding hydrogens is 758 g/mol. The SMILES string of the molecule is CC1(C)C(C=CCC=CC2=Nc3ccc(S(=O)(=O)O)cc3C2(C)CCCCCC(=O)On2c(O)ccc2O)=[N+](CCCCS(=O)(=O)O)c2ccc(Cl)cc21. The molecule has 2 aliphatic rings. The number of benzene rings is 2. The fraction of sp³-hybridized carbons (Fsp3) is 0.395. The van der Waals surface area contributed by atoms with Crippen molar-refractivity contribution in [3.8, 4) is 11.8 Å². The molecule has 16 heteroatoms. The summed E-state index contributed by atoms with van der Waals surface area (Å²) in [7, 11) is -8.51. The van der Waals surface area contributed by atoms with Crippen LogP contribution < -0.4 is 4.84 Å². The highest BCUT2D eigenvalue weighted by molar-refractivity contribution is 7.86. The normalized spacial score (nSPS) is 18.1. The van der Waals surface area contributed by atoms with Crippen LogP contribution >= 0.6 is 11.6 Å². The average Bonchev–Trinajstić information content (AvgIpc) is 3.63. The predicted molar refractivity (Wildman–Crippen MR) is 206 cm³/mol. The van der Waals surface area contributed by atoms with Crippen molar-refractivity contribution < 1.29 is 50.4 Å². The molecule has 0 amide bonds. The largest absolute Gasteiger partial charge is 0.492 e. The van der Waals surface area contributed by atoms with Gasteiger partial charge in [0, 0.05) is 53.1 Å². The molecule has 3 aromatic rings. The molecule has 2 aliphatic heterocycles. The van der Waals surface area contributed by atoms with Gasteiger partial charge in [0.2, 0.25) is 17.4 Å². The Kier molecular flexibility index (Phi) is 12.3. The van der Waals surface area contributed by atoms with E-state index in [-0.39, 0.29) is 17.1 Å². The van der Waals surface area contributed by atoms with Crippen LogP contribution in [0.5, 0.6) is 11.8 Å². The minimum absolute atomic E-state index is 0.0420. The molecule has 1 unspecified atom stereocenters. The molecule has 290 valence electrons. The Bertz CT molecular complexity index is 2250. The van der Waals surface area contributed by atoms with Crippen LogP contribution in [0.25, 0.3) is 0 Å². The van der Waals surface area contributed by atoms with Crippen molar-refractivity contribution in [1.82, 2.24) is 4.73 Å². The monoisotopic (exact) mass is 802 g/mol. The van der Waals surface area contributed by atoms with Gasteiger partial charge in [0.05, 0.1) is 27.5 Å². The molecule has 0 spiro atoms. The van der Waals surface area contributed by atoms with Gasteiger partial charge in [0.1, 0.15) is 6.54 Å². The smallest absolute Gasteiger partial charge is 0.333 e. The number of carbonyl (C=O) groups is 1. The van der Waals surface area contributed by atoms with Crippen molar-refractivity contribution >= 4 is 60.6 Å². The number of rotatable bonds is 17. The van der Waals surface area contributed by atoms with Gasteiger partial charge in [-0.2, -0.15) is 21.4 Å². The molecule has 0 fully saturated rings. The third kappa shape index (κ3) is 9.32. The summed E-state index contributed by atoms with van der Waals surface area (Å²) in [6.07, 6.45) is 11.7. The number of aliphatic imine (C=N–C) groups is 1. The second-order valence-electron chi connectivity index (χ2n) is 14.2. The van der Waals surface area contributed by atoms with Crippen LogP contribution in [0.2, 0.25) is 5.02 Å². The molecule has 54 heavy (non-hydrogen) atoms. The number of hydrogen-bond donors (Lipinski definition) is 4. The molecule has 0 saturated heterocycles. The summed E-state index contributed by atoms with van der Waals surface area (Å²) >= 11 is 6.37. The second-order valence-corrected chi connectivity index (χ2v) is 17.6. The number of hydrogen-bond acceptors (Lipinski definition) is 9. The van der Waals surface area contributed by atoms with Crippen LogP contribution in [0, 0.1) is 0 Å². The molecule has 13 nitrogen and oxygen atoms in total. The average molecular weight is 803 g/mol. The van der Waals surface area contributed by atoms with Crippen molar-refractivity contribution in [1.29, 1.82) is 0 Å². The molecule has 0 saturated carbocycles. The number of nitrogens with zero attached hydrogens (tertiary/aromatic N) is 3. The van der Waals surface area contributed by atoms with Gasteiger partial charge in [-0.1, -0.05) is 36.6 Å². The lowest BCUT2D eigenvalue weighted by Gasteiger charge is -2.27. The zero-order chi connectivity index (χ0) is 39.5. The van der Waals surface area contributed by atoms with Crippen LogP contribution in [0.3, 0.4) is 0 Å². The molecule has 0 radical (unpaired) electrons. The van der Waals surface area contributed by atoms with E-state index in [1.165, 1.54) is 24.3 Å². The van der Waals surface area contributed by atoms with Crippen molar-refractivity contribution in [2.45, 2.75) is 87.9 Å². The van der Waals surface area contributed by atoms with Gasteiger partial charge in [-0.3, -0.25) is 14.1 Å². The molecule has 1 atom stereocenters. The van der Waals surface area contributed by atoms with Crippen LogP contribution in [0.1, 0.15) is 83.3 Å². The fourth-order valence-corrected chi connectivity index (χ4v) is 8.29. The van der Waals surface area contributed by atoms with E-state index in [0.29, 0.717) is 78.2 Å². The molecule has 5 rings (SSSR count). The highest BCUT2D eigenvalue weighted by Gasteiger charge is 2.44. The number of allylic oxidation sites excluding steroid dienone is 4. The summed E-state index contributed by atoms with van der Waals surface area (Å²) in [6, 6.07) is 12.5. The summed E-state index contributed by atoms with van der Waals surface area (Å²) in [5, 5.41) is 20.0. The molecule has 0 bridgehead atoms. The summed E-state index contributed by atoms with van der Waals surface area (Å²) < 4.78 is 68.4. The Balaban J connectivity index is 1.29. The molecule has 3 heterocycles. The van der Waals surface area contributed by atoms with Crippen LogP contribution in [-0.2, 0) is 35.9 Å². The maximum absolute atomic E-state index is 12.3. The third-order valence-electron chi connectivity index (χ3n) is 9.93. The third-order valence-corrected chi connectivity index (χ3v) is 11.8. The van der Waals surface area contributed by atoms with Gasteiger partial charge in [-0.25, -0.2) is 4.79 Å². The lowest BCUT2D eigenvalue weighted by atomic mass is 9.75. The lowest BCUT2D eigenvalue weighted by molar-refractivity contribution is -0.438. The minimum Gasteiger partial charge on any atom is -0.492 e. The minimum atomic E-state index is -4.46. The second kappa shape index (κ2) is 16.2. The van der Waals surface area contributed by atoms with Gasteiger partial charge < -0.3 is 15.1 Å². The molecule has 1 aromatic heterocycles. The van der Waals surface area contributed by atoms with E-state index in [1.54, 1.807) is 6.07 Å². The molecule has 4 N–H and O–H groups in total. The van der Waals surface area contributed by atoms with Gasteiger partial charge in [-0.15, -0.1) is 4.73 Å². The highest BCUT2D eigenvalue weighted by atomic mass is 35.5. The first-order valence-corrected chi connectivity index (χ1v) is 21.0. The zero-order valence-electron chi connectivity index (χ0n) is 30.3. The number of aromatic hydroxyl groups is 2. The summed E-state index contributed by atoms with van der Waals surface area (Å²) in [5.41, 5.74) is 3.92. The summed E-state index contributed by atoms with van der Waals surface area (Å²) in [5.74, 6) is -1.74. The first kappa shape index (κ1) is 40.9. The van der Waals surface area contributed by atoms with Crippen LogP contribution in [-0.4, -0.2) is 75.2 Å². The van der Waals surface area contributed by atoms with Gasteiger partial charge in [0.15, 0.2) is 5.71 Å². The molecule has 0 aliphatic carbocycles. The predicted octanol–water partition coefficient (Wildman–Crippen LogP) is 7.00. The van der Waals surface area contributed by atoms with E-state index in [0.717, 1.165) is 17.0 Å². The lowest BCUT2D eigenvalue weighted by Crippen LogP contribution is -2.28. The van der Waals surface area contributed by atoms with E-state index in [4.69, 9.17) is 21.4 Å². The van der Waals surface area contributed by atoms with E-state index in [2.05, 4.69) is 18.4 Å². The first-order valence-electron chi connectivity index (χ1n) is 17.6. The number of halogens is 1. The first-order chi connectivity index (χ1) is 25.3. The van der Waals surface area contributed by atoms with Gasteiger partial charge >= 0.3 is 5.97 Å². The van der Waals surface area contributed by atoms with E-state index >= 15 is 0 Å². The number of carbonyl (C=O) groups excluding carboxylic acids is 1. The number of unbranched alkanes of at least 4 members (excludes halogenated alkanes) is 3. The standard InChI is InChI=1S/C38H44ClN3O10S2/c1-37(2)29-24-26(39)15-18-31(29)41(22-10-11-23-53(46,47)48)33(37)13-7-4-6-12-32-38(3,28-25-27(54(49,50)51)16-17-30(28)40-32)21-9-5-8-14-36(45)52-42-34(43)19-20-35(42)44/h6-7,12-13,15-20,24-25H,4-5,8-11,14,21-23H2,1-3H3,(H3-,43,44,46,47,48,49,50,51)/p+1. The number of aromatic nitrogens is 1. The Morgan fingerprint density at radius 3 is 2.28 bits per heavy atom. The topological polar surface area (TPSA) is 196 Å². The quantitative estimate of drug-likeness (QED) is 0.0627. The van der Waals surface area contributed by atoms with Crippen molar-refractivity contribution in [3.63, 3.8) is 0 Å². The van der Waals surface area contributed by atoms with Crippen LogP contribution in [0.4, 0.5) is 11.4 Å². The molecule has 2 aromatic carbocycles. The van der Waals surface area contributed by atoms with Crippen LogP contribution in [0.15, 0.2) is 82.7 Å². The summed E-state index contributed by atoms with van der Waals surface area (Å²) in [4.78, 5) is 21.9. The highest BCUT2D eigenvalue weighted by Crippen LogP contribution is 2.45. The Morgan fingerprint density at radius 1 is 0.889 bits per heavy atom. The maximum atomic E-state index is 12.3. The molecular formula is C38H45ClN3O10S2+. The number of fused-ring (bicyclic) bond motifs is 2. The van der Waals surface area contributed by atoms with E-state index in [9.17, 15) is 40.9 Å². The maximum Gasteiger partial charge on any atom is 0.333 e. The summed E-state index contributed by atoms with van der Waals surface area (Å²) in [6.45, 7) is 6.72. The van der Waals surface area contributed by atoms with E-state index in [1.807, 2.05) is 49.4 Å². The van der Waals surface area contributed by atoms with Crippen molar-refractivity contribution in [3.05, 3.63) is 89.0 Å². The van der Waals surface area contributed by atoms with Gasteiger partial charge in [-0.05, 0) is 88.4 Å². The Labute approximate surface area is 320 Å². The Morgan fingerprint density at radius 2 is 1.59 bits per heavy atom. The fourth-order valence-electron chi connectivity index (χ4n) is 7.04.